The summed E-state index contributed by atoms with van der Waals surface area (Å²) in [5.74, 6) is 0.145. The molecule has 7 nitrogen and oxygen atoms in total. The van der Waals surface area contributed by atoms with Crippen LogP contribution in [0.3, 0.4) is 0 Å². The van der Waals surface area contributed by atoms with Crippen LogP contribution in [0.4, 0.5) is 11.4 Å². The van der Waals surface area contributed by atoms with Gasteiger partial charge in [0.2, 0.25) is 0 Å². The lowest BCUT2D eigenvalue weighted by Crippen LogP contribution is -2.14. The maximum absolute atomic E-state index is 11.6. The molecule has 26 heavy (non-hydrogen) atoms. The zero-order valence-electron chi connectivity index (χ0n) is 14.6. The van der Waals surface area contributed by atoms with Gasteiger partial charge >= 0.3 is 0 Å². The Bertz CT molecular complexity index is 760. The van der Waals surface area contributed by atoms with Crippen molar-refractivity contribution in [1.29, 1.82) is 5.41 Å². The lowest BCUT2D eigenvalue weighted by atomic mass is 10.1. The van der Waals surface area contributed by atoms with Crippen LogP contribution in [-0.4, -0.2) is 43.2 Å². The molecule has 1 amide bonds. The molecule has 0 atom stereocenters. The quantitative estimate of drug-likeness (QED) is 0.384. The molecule has 0 aliphatic carbocycles. The van der Waals surface area contributed by atoms with E-state index in [1.807, 2.05) is 12.1 Å². The topological polar surface area (TPSA) is 118 Å². The van der Waals surface area contributed by atoms with Crippen molar-refractivity contribution < 1.29 is 19.4 Å². The molecule has 0 radical (unpaired) electrons. The van der Waals surface area contributed by atoms with Crippen molar-refractivity contribution in [2.75, 3.05) is 31.7 Å². The van der Waals surface area contributed by atoms with Crippen LogP contribution in [0.25, 0.3) is 0 Å². The van der Waals surface area contributed by atoms with Crippen LogP contribution < -0.4 is 15.8 Å². The van der Waals surface area contributed by atoms with E-state index in [1.54, 1.807) is 37.3 Å². The maximum Gasteiger partial charge on any atom is 0.250 e. The van der Waals surface area contributed by atoms with Gasteiger partial charge < -0.3 is 31.0 Å². The fourth-order valence-electron chi connectivity index (χ4n) is 2.27. The summed E-state index contributed by atoms with van der Waals surface area (Å²) >= 11 is 0. The smallest absolute Gasteiger partial charge is 0.250 e. The first-order chi connectivity index (χ1) is 12.5. The van der Waals surface area contributed by atoms with E-state index in [-0.39, 0.29) is 6.61 Å². The number of primary amides is 1. The Morgan fingerprint density at radius 1 is 1.15 bits per heavy atom. The fraction of sp³-hybridized carbons (Fsp3) is 0.263. The summed E-state index contributed by atoms with van der Waals surface area (Å²) < 4.78 is 10.7. The molecule has 5 N–H and O–H groups in total. The SMILES string of the molecule is CC(=N)c1ccc(C(N)=O)c(Nc2ccc(OCCOCCO)cc2)c1. The minimum Gasteiger partial charge on any atom is -0.491 e. The molecule has 0 aliphatic heterocycles. The van der Waals surface area contributed by atoms with Gasteiger partial charge in [-0.05, 0) is 48.9 Å². The molecule has 0 heterocycles. The number of amides is 1. The third kappa shape index (κ3) is 5.58. The molecule has 0 spiro atoms. The molecular formula is C19H23N3O4. The molecule has 2 aromatic carbocycles. The summed E-state index contributed by atoms with van der Waals surface area (Å²) in [4.78, 5) is 11.6. The number of aliphatic hydroxyl groups is 1. The molecule has 0 saturated heterocycles. The number of carbonyl (C=O) groups is 1. The van der Waals surface area contributed by atoms with Crippen molar-refractivity contribution in [2.45, 2.75) is 6.92 Å². The van der Waals surface area contributed by atoms with Gasteiger partial charge in [0.25, 0.3) is 5.91 Å². The zero-order valence-corrected chi connectivity index (χ0v) is 14.6. The Balaban J connectivity index is 2.05. The lowest BCUT2D eigenvalue weighted by Gasteiger charge is -2.13. The van der Waals surface area contributed by atoms with Gasteiger partial charge in [0.05, 0.1) is 31.1 Å². The molecule has 0 unspecified atom stereocenters. The highest BCUT2D eigenvalue weighted by Gasteiger charge is 2.10. The maximum atomic E-state index is 11.6. The van der Waals surface area contributed by atoms with E-state index in [0.29, 0.717) is 48.1 Å². The number of anilines is 2. The number of benzene rings is 2. The van der Waals surface area contributed by atoms with Crippen LogP contribution in [0.5, 0.6) is 5.75 Å². The number of hydrogen-bond donors (Lipinski definition) is 4. The number of carbonyl (C=O) groups excluding carboxylic acids is 1. The molecule has 7 heteroatoms. The van der Waals surface area contributed by atoms with Crippen LogP contribution in [0.1, 0.15) is 22.8 Å². The largest absolute Gasteiger partial charge is 0.491 e. The zero-order chi connectivity index (χ0) is 18.9. The number of rotatable bonds is 10. The van der Waals surface area contributed by atoms with Crippen LogP contribution in [-0.2, 0) is 4.74 Å². The predicted octanol–water partition coefficient (Wildman–Crippen LogP) is 2.30. The predicted molar refractivity (Wildman–Crippen MR) is 101 cm³/mol. The highest BCUT2D eigenvalue weighted by Crippen LogP contribution is 2.24. The third-order valence-corrected chi connectivity index (χ3v) is 3.58. The first kappa shape index (κ1) is 19.4. The standard InChI is InChI=1S/C19H23N3O4/c1-13(20)14-2-7-17(19(21)24)18(12-14)22-15-3-5-16(6-4-15)26-11-10-25-9-8-23/h2-7,12,20,22-23H,8-11H2,1H3,(H2,21,24). The minimum atomic E-state index is -0.537. The van der Waals surface area contributed by atoms with Crippen molar-refractivity contribution >= 4 is 23.0 Å². The van der Waals surface area contributed by atoms with E-state index >= 15 is 0 Å². The van der Waals surface area contributed by atoms with E-state index in [9.17, 15) is 4.79 Å². The van der Waals surface area contributed by atoms with Crippen LogP contribution in [0.2, 0.25) is 0 Å². The summed E-state index contributed by atoms with van der Waals surface area (Å²) in [5.41, 5.74) is 8.20. The van der Waals surface area contributed by atoms with Gasteiger partial charge in [-0.15, -0.1) is 0 Å². The van der Waals surface area contributed by atoms with Crippen molar-refractivity contribution in [3.63, 3.8) is 0 Å². The van der Waals surface area contributed by atoms with E-state index < -0.39 is 5.91 Å². The molecule has 0 aliphatic rings. The van der Waals surface area contributed by atoms with E-state index in [0.717, 1.165) is 5.69 Å². The van der Waals surface area contributed by atoms with Gasteiger partial charge in [0.15, 0.2) is 0 Å². The molecule has 0 bridgehead atoms. The molecule has 0 aromatic heterocycles. The number of nitrogens with two attached hydrogens (primary N) is 1. The summed E-state index contributed by atoms with van der Waals surface area (Å²) in [6, 6.07) is 12.3. The van der Waals surface area contributed by atoms with E-state index in [2.05, 4.69) is 5.32 Å². The Hall–Kier alpha value is -2.90. The summed E-state index contributed by atoms with van der Waals surface area (Å²) in [7, 11) is 0. The van der Waals surface area contributed by atoms with Gasteiger partial charge in [-0.25, -0.2) is 0 Å². The normalized spacial score (nSPS) is 10.4. The van der Waals surface area contributed by atoms with Gasteiger partial charge in [-0.2, -0.15) is 0 Å². The van der Waals surface area contributed by atoms with Crippen molar-refractivity contribution in [3.05, 3.63) is 53.6 Å². The Labute approximate surface area is 152 Å². The number of aliphatic hydroxyl groups excluding tert-OH is 1. The Morgan fingerprint density at radius 2 is 1.88 bits per heavy atom. The van der Waals surface area contributed by atoms with Gasteiger partial charge in [-0.1, -0.05) is 6.07 Å². The fourth-order valence-corrected chi connectivity index (χ4v) is 2.27. The second-order valence-corrected chi connectivity index (χ2v) is 5.58. The lowest BCUT2D eigenvalue weighted by molar-refractivity contribution is 0.0705. The van der Waals surface area contributed by atoms with Crippen molar-refractivity contribution in [2.24, 2.45) is 5.73 Å². The second kappa shape index (κ2) is 9.55. The average molecular weight is 357 g/mol. The molecule has 0 fully saturated rings. The van der Waals surface area contributed by atoms with Crippen LogP contribution in [0, 0.1) is 5.41 Å². The first-order valence-corrected chi connectivity index (χ1v) is 8.19. The first-order valence-electron chi connectivity index (χ1n) is 8.19. The van der Waals surface area contributed by atoms with Gasteiger partial charge in [-0.3, -0.25) is 4.79 Å². The average Bonchev–Trinajstić information content (AvgIpc) is 2.62. The summed E-state index contributed by atoms with van der Waals surface area (Å²) in [5, 5.41) is 19.5. The highest BCUT2D eigenvalue weighted by atomic mass is 16.5. The number of ether oxygens (including phenoxy) is 2. The molecule has 0 saturated carbocycles. The second-order valence-electron chi connectivity index (χ2n) is 5.58. The Kier molecular flexibility index (Phi) is 7.13. The molecule has 2 rings (SSSR count). The number of hydrogen-bond acceptors (Lipinski definition) is 6. The van der Waals surface area contributed by atoms with Gasteiger partial charge in [0.1, 0.15) is 12.4 Å². The highest BCUT2D eigenvalue weighted by molar-refractivity contribution is 6.03. The van der Waals surface area contributed by atoms with E-state index in [4.69, 9.17) is 25.7 Å². The van der Waals surface area contributed by atoms with Crippen LogP contribution in [0.15, 0.2) is 42.5 Å². The third-order valence-electron chi connectivity index (χ3n) is 3.58. The summed E-state index contributed by atoms with van der Waals surface area (Å²) in [6.07, 6.45) is 0. The molecule has 2 aromatic rings. The number of nitrogens with one attached hydrogen (secondary N) is 2. The Morgan fingerprint density at radius 3 is 2.50 bits per heavy atom. The monoisotopic (exact) mass is 357 g/mol. The molecular weight excluding hydrogens is 334 g/mol. The minimum absolute atomic E-state index is 0.00758. The van der Waals surface area contributed by atoms with Crippen LogP contribution >= 0.6 is 0 Å². The van der Waals surface area contributed by atoms with E-state index in [1.165, 1.54) is 0 Å². The van der Waals surface area contributed by atoms with Crippen molar-refractivity contribution in [3.8, 4) is 5.75 Å². The summed E-state index contributed by atoms with van der Waals surface area (Å²) in [6.45, 7) is 2.76. The van der Waals surface area contributed by atoms with Gasteiger partial charge in [0, 0.05) is 11.4 Å². The van der Waals surface area contributed by atoms with Crippen molar-refractivity contribution in [1.82, 2.24) is 0 Å². The molecule has 138 valence electrons.